The van der Waals surface area contributed by atoms with E-state index in [2.05, 4.69) is 0 Å². The highest BCUT2D eigenvalue weighted by Gasteiger charge is 2.61. The smallest absolute Gasteiger partial charge is 0.237 e. The minimum absolute atomic E-state index is 0.00646. The van der Waals surface area contributed by atoms with E-state index in [9.17, 15) is 9.59 Å². The van der Waals surface area contributed by atoms with Crippen molar-refractivity contribution in [2.75, 3.05) is 10.6 Å². The van der Waals surface area contributed by atoms with Gasteiger partial charge in [-0.25, -0.2) is 0 Å². The molecular formula is C15H16N2O2. The van der Waals surface area contributed by atoms with Crippen molar-refractivity contribution in [2.45, 2.75) is 19.3 Å². The van der Waals surface area contributed by atoms with E-state index in [4.69, 9.17) is 5.73 Å². The molecule has 19 heavy (non-hydrogen) atoms. The van der Waals surface area contributed by atoms with Gasteiger partial charge >= 0.3 is 0 Å². The molecule has 2 aliphatic carbocycles. The number of imide groups is 1. The number of benzene rings is 1. The second-order valence-corrected chi connectivity index (χ2v) is 5.99. The lowest BCUT2D eigenvalue weighted by molar-refractivity contribution is -0.123. The molecule has 1 aliphatic heterocycles. The third-order valence-electron chi connectivity index (χ3n) is 5.08. The summed E-state index contributed by atoms with van der Waals surface area (Å²) in [6.45, 7) is 0. The number of anilines is 2. The molecule has 4 rings (SSSR count). The van der Waals surface area contributed by atoms with Crippen LogP contribution in [-0.2, 0) is 9.59 Å². The molecule has 4 heteroatoms. The van der Waals surface area contributed by atoms with E-state index < -0.39 is 0 Å². The number of carbonyl (C=O) groups is 2. The Kier molecular flexibility index (Phi) is 2.08. The fourth-order valence-corrected chi connectivity index (χ4v) is 4.29. The van der Waals surface area contributed by atoms with Gasteiger partial charge in [-0.3, -0.25) is 14.5 Å². The maximum Gasteiger partial charge on any atom is 0.237 e. The number of carbonyl (C=O) groups excluding carboxylic acids is 2. The lowest BCUT2D eigenvalue weighted by Crippen LogP contribution is -2.32. The highest BCUT2D eigenvalue weighted by Crippen LogP contribution is 2.56. The zero-order valence-electron chi connectivity index (χ0n) is 10.6. The largest absolute Gasteiger partial charge is 0.399 e. The van der Waals surface area contributed by atoms with Crippen molar-refractivity contribution in [3.63, 3.8) is 0 Å². The summed E-state index contributed by atoms with van der Waals surface area (Å²) in [6.07, 6.45) is 3.29. The van der Waals surface area contributed by atoms with E-state index in [1.165, 1.54) is 4.90 Å². The molecule has 3 aliphatic rings. The molecule has 1 heterocycles. The molecule has 0 aromatic heterocycles. The van der Waals surface area contributed by atoms with Crippen LogP contribution in [0.3, 0.4) is 0 Å². The summed E-state index contributed by atoms with van der Waals surface area (Å²) in [4.78, 5) is 26.5. The van der Waals surface area contributed by atoms with Crippen LogP contribution in [0.25, 0.3) is 0 Å². The summed E-state index contributed by atoms with van der Waals surface area (Å²) in [5.41, 5.74) is 6.96. The minimum atomic E-state index is -0.0520. The summed E-state index contributed by atoms with van der Waals surface area (Å²) in [7, 11) is 0. The van der Waals surface area contributed by atoms with Crippen LogP contribution >= 0.6 is 0 Å². The molecule has 98 valence electrons. The number of fused-ring (bicyclic) bond motifs is 5. The molecule has 0 spiro atoms. The summed E-state index contributed by atoms with van der Waals surface area (Å²) in [5.74, 6) is 0.780. The van der Waals surface area contributed by atoms with Crippen LogP contribution in [0, 0.1) is 23.7 Å². The Labute approximate surface area is 111 Å². The zero-order valence-corrected chi connectivity index (χ0v) is 10.6. The van der Waals surface area contributed by atoms with Crippen LogP contribution in [0.1, 0.15) is 19.3 Å². The first-order chi connectivity index (χ1) is 9.16. The van der Waals surface area contributed by atoms with Gasteiger partial charge < -0.3 is 5.73 Å². The van der Waals surface area contributed by atoms with Gasteiger partial charge in [-0.2, -0.15) is 0 Å². The third kappa shape index (κ3) is 1.34. The van der Waals surface area contributed by atoms with E-state index >= 15 is 0 Å². The number of rotatable bonds is 1. The first kappa shape index (κ1) is 11.0. The van der Waals surface area contributed by atoms with Gasteiger partial charge in [0.2, 0.25) is 11.8 Å². The van der Waals surface area contributed by atoms with Crippen LogP contribution in [-0.4, -0.2) is 11.8 Å². The number of nitrogens with zero attached hydrogens (tertiary/aromatic N) is 1. The van der Waals surface area contributed by atoms with E-state index in [0.29, 0.717) is 23.2 Å². The van der Waals surface area contributed by atoms with E-state index in [-0.39, 0.29) is 23.7 Å². The van der Waals surface area contributed by atoms with Crippen molar-refractivity contribution < 1.29 is 9.59 Å². The van der Waals surface area contributed by atoms with E-state index in [1.807, 2.05) is 0 Å². The molecule has 2 bridgehead atoms. The number of hydrogen-bond acceptors (Lipinski definition) is 3. The molecule has 0 unspecified atom stereocenters. The van der Waals surface area contributed by atoms with Crippen molar-refractivity contribution in [3.05, 3.63) is 24.3 Å². The summed E-state index contributed by atoms with van der Waals surface area (Å²) in [5, 5.41) is 0. The Morgan fingerprint density at radius 3 is 2.00 bits per heavy atom. The second kappa shape index (κ2) is 3.59. The topological polar surface area (TPSA) is 63.4 Å². The highest BCUT2D eigenvalue weighted by atomic mass is 16.2. The van der Waals surface area contributed by atoms with Gasteiger partial charge in [-0.15, -0.1) is 0 Å². The maximum atomic E-state index is 12.5. The second-order valence-electron chi connectivity index (χ2n) is 5.99. The normalized spacial score (nSPS) is 36.1. The fourth-order valence-electron chi connectivity index (χ4n) is 4.29. The SMILES string of the molecule is Nc1ccc(N2C(=O)[C@@H]3[C@H]4CC[C@@H](C4)[C@@H]3C2=O)cc1. The molecule has 3 fully saturated rings. The van der Waals surface area contributed by atoms with E-state index in [0.717, 1.165) is 19.3 Å². The van der Waals surface area contributed by atoms with E-state index in [1.54, 1.807) is 24.3 Å². The molecule has 4 atom stereocenters. The average molecular weight is 256 g/mol. The number of nitrogen functional groups attached to an aromatic ring is 1. The van der Waals surface area contributed by atoms with Gasteiger partial charge in [-0.1, -0.05) is 0 Å². The van der Waals surface area contributed by atoms with Gasteiger partial charge in [0, 0.05) is 5.69 Å². The predicted octanol–water partition coefficient (Wildman–Crippen LogP) is 1.80. The van der Waals surface area contributed by atoms with Crippen LogP contribution in [0.5, 0.6) is 0 Å². The molecule has 2 amide bonds. The Morgan fingerprint density at radius 1 is 0.947 bits per heavy atom. The molecule has 1 aromatic carbocycles. The highest BCUT2D eigenvalue weighted by molar-refractivity contribution is 6.22. The van der Waals surface area contributed by atoms with Gasteiger partial charge in [0.1, 0.15) is 0 Å². The van der Waals surface area contributed by atoms with Crippen molar-refractivity contribution in [3.8, 4) is 0 Å². The Morgan fingerprint density at radius 2 is 1.47 bits per heavy atom. The van der Waals surface area contributed by atoms with Gasteiger partial charge in [0.25, 0.3) is 0 Å². The van der Waals surface area contributed by atoms with Gasteiger partial charge in [0.15, 0.2) is 0 Å². The molecule has 2 N–H and O–H groups in total. The first-order valence-electron chi connectivity index (χ1n) is 6.90. The predicted molar refractivity (Wildman–Crippen MR) is 71.2 cm³/mol. The third-order valence-corrected chi connectivity index (χ3v) is 5.08. The Bertz CT molecular complexity index is 538. The summed E-state index contributed by atoms with van der Waals surface area (Å²) in [6, 6.07) is 6.99. The summed E-state index contributed by atoms with van der Waals surface area (Å²) >= 11 is 0. The number of amides is 2. The van der Waals surface area contributed by atoms with Crippen LogP contribution in [0.2, 0.25) is 0 Å². The lowest BCUT2D eigenvalue weighted by atomic mass is 9.81. The van der Waals surface area contributed by atoms with Gasteiger partial charge in [-0.05, 0) is 55.4 Å². The number of hydrogen-bond donors (Lipinski definition) is 1. The maximum absolute atomic E-state index is 12.5. The standard InChI is InChI=1S/C15H16N2O2/c16-10-3-5-11(6-4-10)17-14(18)12-8-1-2-9(7-8)13(12)15(17)19/h3-6,8-9,12-13H,1-2,7,16H2/t8-,9-,12-,13+/m0/s1. The van der Waals surface area contributed by atoms with Crippen molar-refractivity contribution >= 4 is 23.2 Å². The van der Waals surface area contributed by atoms with Crippen LogP contribution in [0.15, 0.2) is 24.3 Å². The summed E-state index contributed by atoms with van der Waals surface area (Å²) < 4.78 is 0. The van der Waals surface area contributed by atoms with Crippen LogP contribution < -0.4 is 10.6 Å². The molecule has 1 saturated heterocycles. The monoisotopic (exact) mass is 256 g/mol. The lowest BCUT2D eigenvalue weighted by Gasteiger charge is -2.19. The van der Waals surface area contributed by atoms with Crippen molar-refractivity contribution in [1.29, 1.82) is 0 Å². The Hall–Kier alpha value is -1.84. The minimum Gasteiger partial charge on any atom is -0.399 e. The van der Waals surface area contributed by atoms with Crippen LogP contribution in [0.4, 0.5) is 11.4 Å². The number of nitrogens with two attached hydrogens (primary N) is 1. The molecule has 4 nitrogen and oxygen atoms in total. The average Bonchev–Trinajstić information content (AvgIpc) is 3.06. The zero-order chi connectivity index (χ0) is 13.1. The molecule has 2 saturated carbocycles. The van der Waals surface area contributed by atoms with Crippen molar-refractivity contribution in [1.82, 2.24) is 0 Å². The molecular weight excluding hydrogens is 240 g/mol. The first-order valence-corrected chi connectivity index (χ1v) is 6.90. The van der Waals surface area contributed by atoms with Gasteiger partial charge in [0.05, 0.1) is 17.5 Å². The quantitative estimate of drug-likeness (QED) is 0.615. The molecule has 1 aromatic rings. The van der Waals surface area contributed by atoms with Crippen molar-refractivity contribution in [2.24, 2.45) is 23.7 Å². The fraction of sp³-hybridized carbons (Fsp3) is 0.467. The Balaban J connectivity index is 1.73. The molecule has 0 radical (unpaired) electrons.